The van der Waals surface area contributed by atoms with E-state index in [0.717, 1.165) is 57.8 Å². The third-order valence-corrected chi connectivity index (χ3v) is 13.5. The molecule has 0 radical (unpaired) electrons. The number of carbonyl (C=O) groups excluding carboxylic acids is 2. The number of allylic oxidation sites excluding steroid dienone is 8. The van der Waals surface area contributed by atoms with Crippen molar-refractivity contribution in [3.8, 4) is 0 Å². The zero-order valence-electron chi connectivity index (χ0n) is 44.3. The molecule has 0 aliphatic heterocycles. The van der Waals surface area contributed by atoms with Crippen molar-refractivity contribution in [2.75, 3.05) is 26.4 Å². The third-order valence-electron chi connectivity index (χ3n) is 12.5. The molecular weight excluding hydrogens is 870 g/mol. The van der Waals surface area contributed by atoms with Gasteiger partial charge < -0.3 is 20.1 Å². The van der Waals surface area contributed by atoms with Crippen LogP contribution in [-0.2, 0) is 32.7 Å². The molecule has 0 aromatic rings. The van der Waals surface area contributed by atoms with Crippen molar-refractivity contribution in [1.82, 2.24) is 0 Å². The van der Waals surface area contributed by atoms with Gasteiger partial charge in [0, 0.05) is 19.4 Å². The molecule has 68 heavy (non-hydrogen) atoms. The summed E-state index contributed by atoms with van der Waals surface area (Å²) >= 11 is 0. The highest BCUT2D eigenvalue weighted by molar-refractivity contribution is 7.47. The summed E-state index contributed by atoms with van der Waals surface area (Å²) in [7, 11) is -4.38. The van der Waals surface area contributed by atoms with Gasteiger partial charge in [0.15, 0.2) is 6.10 Å². The molecular formula is C58H108NO8P. The van der Waals surface area contributed by atoms with E-state index in [9.17, 15) is 19.0 Å². The second-order valence-electron chi connectivity index (χ2n) is 19.1. The highest BCUT2D eigenvalue weighted by atomic mass is 31.2. The number of phosphoric ester groups is 1. The van der Waals surface area contributed by atoms with Crippen molar-refractivity contribution in [1.29, 1.82) is 0 Å². The summed E-state index contributed by atoms with van der Waals surface area (Å²) in [5.74, 6) is -0.813. The first-order chi connectivity index (χ1) is 33.3. The van der Waals surface area contributed by atoms with Crippen LogP contribution in [0.5, 0.6) is 0 Å². The van der Waals surface area contributed by atoms with Crippen LogP contribution in [0.3, 0.4) is 0 Å². The Balaban J connectivity index is 3.84. The molecule has 0 bridgehead atoms. The van der Waals surface area contributed by atoms with Crippen LogP contribution in [-0.4, -0.2) is 49.3 Å². The second kappa shape index (κ2) is 54.3. The lowest BCUT2D eigenvalue weighted by molar-refractivity contribution is -0.161. The van der Waals surface area contributed by atoms with E-state index >= 15 is 0 Å². The van der Waals surface area contributed by atoms with Gasteiger partial charge >= 0.3 is 19.8 Å². The van der Waals surface area contributed by atoms with Crippen molar-refractivity contribution < 1.29 is 37.6 Å². The zero-order valence-corrected chi connectivity index (χ0v) is 45.2. The Morgan fingerprint density at radius 2 is 0.809 bits per heavy atom. The minimum atomic E-state index is -4.38. The fourth-order valence-electron chi connectivity index (χ4n) is 8.28. The van der Waals surface area contributed by atoms with E-state index in [1.165, 1.54) is 186 Å². The van der Waals surface area contributed by atoms with Crippen LogP contribution in [0, 0.1) is 0 Å². The number of esters is 2. The van der Waals surface area contributed by atoms with Crippen LogP contribution in [0.2, 0.25) is 0 Å². The molecule has 9 nitrogen and oxygen atoms in total. The van der Waals surface area contributed by atoms with Crippen molar-refractivity contribution in [3.63, 3.8) is 0 Å². The summed E-state index contributed by atoms with van der Waals surface area (Å²) in [4.78, 5) is 35.1. The van der Waals surface area contributed by atoms with E-state index in [2.05, 4.69) is 62.5 Å². The average molecular weight is 978 g/mol. The molecule has 0 aliphatic rings. The molecule has 0 rings (SSSR count). The summed E-state index contributed by atoms with van der Waals surface area (Å²) in [6.45, 7) is 3.67. The Hall–Kier alpha value is -2.03. The second-order valence-corrected chi connectivity index (χ2v) is 20.6. The Morgan fingerprint density at radius 1 is 0.456 bits per heavy atom. The first kappa shape index (κ1) is 66.0. The summed E-state index contributed by atoms with van der Waals surface area (Å²) in [6.07, 6.45) is 66.1. The fraction of sp³-hybridized carbons (Fsp3) is 0.828. The predicted molar refractivity (Wildman–Crippen MR) is 289 cm³/mol. The van der Waals surface area contributed by atoms with Crippen molar-refractivity contribution in [3.05, 3.63) is 48.6 Å². The van der Waals surface area contributed by atoms with Crippen molar-refractivity contribution in [2.24, 2.45) is 5.73 Å². The van der Waals surface area contributed by atoms with E-state index in [-0.39, 0.29) is 38.6 Å². The number of rotatable bonds is 54. The topological polar surface area (TPSA) is 134 Å². The van der Waals surface area contributed by atoms with Gasteiger partial charge in [0.25, 0.3) is 0 Å². The largest absolute Gasteiger partial charge is 0.472 e. The summed E-state index contributed by atoms with van der Waals surface area (Å²) in [5, 5.41) is 0. The minimum absolute atomic E-state index is 0.0555. The standard InChI is InChI=1S/C58H108NO8P/c1-3-5-7-9-11-13-15-17-19-20-21-22-23-24-25-26-27-28-29-30-31-32-33-34-35-36-37-39-41-43-45-47-49-51-58(61)67-56(55-66-68(62,63)65-53-52-59)54-64-57(60)50-48-46-44-42-40-38-18-16-14-12-10-8-6-4-2/h5,7,11,13,17,19,21-22,56H,3-4,6,8-10,12,14-16,18,20,23-55,59H2,1-2H3,(H,62,63)/b7-5-,13-11-,19-17-,22-21-. The number of hydrogen-bond donors (Lipinski definition) is 2. The van der Waals surface area contributed by atoms with Gasteiger partial charge in [-0.3, -0.25) is 18.6 Å². The van der Waals surface area contributed by atoms with E-state index < -0.39 is 26.5 Å². The Labute approximate surface area is 419 Å². The lowest BCUT2D eigenvalue weighted by atomic mass is 10.0. The van der Waals surface area contributed by atoms with E-state index in [1.807, 2.05) is 0 Å². The Bertz CT molecular complexity index is 1250. The SMILES string of the molecule is CC/C=C\C/C=C\C/C=C\C/C=C\CCCCCCCCCCCCCCCCCCCCCCC(=O)OC(COC(=O)CCCCCCCCCCCCCCCC)COP(=O)(O)OCCN. The normalized spacial score (nSPS) is 13.4. The highest BCUT2D eigenvalue weighted by Crippen LogP contribution is 2.43. The molecule has 3 N–H and O–H groups in total. The Morgan fingerprint density at radius 3 is 1.21 bits per heavy atom. The van der Waals surface area contributed by atoms with Crippen LogP contribution in [0.25, 0.3) is 0 Å². The molecule has 0 aromatic heterocycles. The van der Waals surface area contributed by atoms with Gasteiger partial charge in [0.1, 0.15) is 6.61 Å². The van der Waals surface area contributed by atoms with Gasteiger partial charge in [0.2, 0.25) is 0 Å². The number of unbranched alkanes of at least 4 members (excludes halogenated alkanes) is 33. The van der Waals surface area contributed by atoms with Gasteiger partial charge in [-0.15, -0.1) is 0 Å². The molecule has 398 valence electrons. The molecule has 0 aromatic carbocycles. The summed E-state index contributed by atoms with van der Waals surface area (Å²) in [5.41, 5.74) is 5.37. The highest BCUT2D eigenvalue weighted by Gasteiger charge is 2.26. The third kappa shape index (κ3) is 53.3. The number of phosphoric acid groups is 1. The van der Waals surface area contributed by atoms with Crippen LogP contribution in [0.15, 0.2) is 48.6 Å². The maximum Gasteiger partial charge on any atom is 0.472 e. The maximum absolute atomic E-state index is 12.7. The molecule has 2 unspecified atom stereocenters. The summed E-state index contributed by atoms with van der Waals surface area (Å²) in [6, 6.07) is 0. The number of carbonyl (C=O) groups is 2. The molecule has 0 heterocycles. The first-order valence-electron chi connectivity index (χ1n) is 28.6. The minimum Gasteiger partial charge on any atom is -0.462 e. The molecule has 0 spiro atoms. The molecule has 0 saturated heterocycles. The van der Waals surface area contributed by atoms with Crippen LogP contribution >= 0.6 is 7.82 Å². The fourth-order valence-corrected chi connectivity index (χ4v) is 9.04. The quantitative estimate of drug-likeness (QED) is 0.0264. The average Bonchev–Trinajstić information content (AvgIpc) is 3.33. The van der Waals surface area contributed by atoms with Crippen LogP contribution < -0.4 is 5.73 Å². The van der Waals surface area contributed by atoms with Crippen LogP contribution in [0.4, 0.5) is 0 Å². The van der Waals surface area contributed by atoms with Gasteiger partial charge in [-0.2, -0.15) is 0 Å². The van der Waals surface area contributed by atoms with Crippen molar-refractivity contribution >= 4 is 19.8 Å². The molecule has 0 saturated carbocycles. The Kier molecular flexibility index (Phi) is 52.7. The predicted octanol–water partition coefficient (Wildman–Crippen LogP) is 17.8. The number of nitrogens with two attached hydrogens (primary N) is 1. The summed E-state index contributed by atoms with van der Waals surface area (Å²) < 4.78 is 33.0. The first-order valence-corrected chi connectivity index (χ1v) is 30.1. The van der Waals surface area contributed by atoms with Crippen molar-refractivity contribution in [2.45, 2.75) is 283 Å². The van der Waals surface area contributed by atoms with Gasteiger partial charge in [-0.25, -0.2) is 4.57 Å². The molecule has 0 fully saturated rings. The molecule has 0 amide bonds. The monoisotopic (exact) mass is 978 g/mol. The maximum atomic E-state index is 12.7. The smallest absolute Gasteiger partial charge is 0.462 e. The molecule has 2 atom stereocenters. The number of ether oxygens (including phenoxy) is 2. The van der Waals surface area contributed by atoms with E-state index in [0.29, 0.717) is 6.42 Å². The molecule has 0 aliphatic carbocycles. The van der Waals surface area contributed by atoms with E-state index in [4.69, 9.17) is 24.3 Å². The number of hydrogen-bond acceptors (Lipinski definition) is 8. The van der Waals surface area contributed by atoms with Gasteiger partial charge in [0.05, 0.1) is 13.2 Å². The molecule has 10 heteroatoms. The zero-order chi connectivity index (χ0) is 49.5. The lowest BCUT2D eigenvalue weighted by Gasteiger charge is -2.19. The van der Waals surface area contributed by atoms with Gasteiger partial charge in [-0.05, 0) is 51.4 Å². The lowest BCUT2D eigenvalue weighted by Crippen LogP contribution is -2.29. The van der Waals surface area contributed by atoms with Crippen LogP contribution in [0.1, 0.15) is 277 Å². The van der Waals surface area contributed by atoms with Gasteiger partial charge in [-0.1, -0.05) is 262 Å². The van der Waals surface area contributed by atoms with E-state index in [1.54, 1.807) is 0 Å².